The summed E-state index contributed by atoms with van der Waals surface area (Å²) in [4.78, 5) is 4.44. The van der Waals surface area contributed by atoms with Crippen LogP contribution in [-0.4, -0.2) is 12.0 Å². The Bertz CT molecular complexity index is 732. The van der Waals surface area contributed by atoms with Gasteiger partial charge in [-0.2, -0.15) is 0 Å². The maximum absolute atomic E-state index is 4.44. The zero-order chi connectivity index (χ0) is 14.7. The van der Waals surface area contributed by atoms with E-state index in [2.05, 4.69) is 74.8 Å². The van der Waals surface area contributed by atoms with Gasteiger partial charge in [0.15, 0.2) is 0 Å². The first-order chi connectivity index (χ1) is 10.3. The van der Waals surface area contributed by atoms with Crippen LogP contribution in [0.2, 0.25) is 0 Å². The van der Waals surface area contributed by atoms with Gasteiger partial charge in [0, 0.05) is 22.1 Å². The van der Waals surface area contributed by atoms with Crippen molar-refractivity contribution in [3.63, 3.8) is 0 Å². The normalized spacial score (nSPS) is 12.5. The zero-order valence-corrected chi connectivity index (χ0v) is 13.5. The Morgan fingerprint density at radius 3 is 2.62 bits per heavy atom. The van der Waals surface area contributed by atoms with E-state index in [1.807, 2.05) is 19.3 Å². The number of aromatic nitrogens is 1. The molecule has 0 aliphatic heterocycles. The molecule has 0 amide bonds. The molecule has 0 aliphatic rings. The monoisotopic (exact) mass is 340 g/mol. The van der Waals surface area contributed by atoms with Crippen molar-refractivity contribution in [1.29, 1.82) is 0 Å². The fraction of sp³-hybridized carbons (Fsp3) is 0.167. The average Bonchev–Trinajstić information content (AvgIpc) is 2.54. The average molecular weight is 341 g/mol. The van der Waals surface area contributed by atoms with Crippen LogP contribution in [-0.2, 0) is 6.42 Å². The molecule has 0 saturated carbocycles. The van der Waals surface area contributed by atoms with Gasteiger partial charge < -0.3 is 5.32 Å². The lowest BCUT2D eigenvalue weighted by atomic mass is 9.95. The fourth-order valence-electron chi connectivity index (χ4n) is 2.65. The highest BCUT2D eigenvalue weighted by Gasteiger charge is 2.13. The van der Waals surface area contributed by atoms with Gasteiger partial charge in [-0.3, -0.25) is 4.98 Å². The molecule has 2 aromatic carbocycles. The molecule has 0 aliphatic carbocycles. The highest BCUT2D eigenvalue weighted by Crippen LogP contribution is 2.26. The Kier molecular flexibility index (Phi) is 4.32. The van der Waals surface area contributed by atoms with Gasteiger partial charge in [-0.25, -0.2) is 0 Å². The number of hydrogen-bond acceptors (Lipinski definition) is 2. The van der Waals surface area contributed by atoms with Crippen LogP contribution in [0.5, 0.6) is 0 Å². The van der Waals surface area contributed by atoms with Gasteiger partial charge >= 0.3 is 0 Å². The van der Waals surface area contributed by atoms with Crippen LogP contribution < -0.4 is 5.32 Å². The number of rotatable bonds is 4. The lowest BCUT2D eigenvalue weighted by molar-refractivity contribution is 0.596. The number of benzene rings is 2. The summed E-state index contributed by atoms with van der Waals surface area (Å²) in [6.45, 7) is 0. The lowest BCUT2D eigenvalue weighted by Crippen LogP contribution is -2.19. The van der Waals surface area contributed by atoms with Crippen LogP contribution in [0.3, 0.4) is 0 Å². The summed E-state index contributed by atoms with van der Waals surface area (Å²) >= 11 is 3.48. The summed E-state index contributed by atoms with van der Waals surface area (Å²) in [5.41, 5.74) is 3.66. The second kappa shape index (κ2) is 6.37. The zero-order valence-electron chi connectivity index (χ0n) is 11.9. The van der Waals surface area contributed by atoms with E-state index in [0.717, 1.165) is 16.4 Å². The Hall–Kier alpha value is -1.71. The van der Waals surface area contributed by atoms with Crippen molar-refractivity contribution in [2.24, 2.45) is 0 Å². The Labute approximate surface area is 133 Å². The molecular weight excluding hydrogens is 324 g/mol. The molecule has 3 heteroatoms. The van der Waals surface area contributed by atoms with Gasteiger partial charge in [0.1, 0.15) is 0 Å². The van der Waals surface area contributed by atoms with Crippen molar-refractivity contribution in [3.05, 3.63) is 76.4 Å². The van der Waals surface area contributed by atoms with E-state index in [1.54, 1.807) is 0 Å². The van der Waals surface area contributed by atoms with Crippen LogP contribution in [0.25, 0.3) is 10.9 Å². The van der Waals surface area contributed by atoms with E-state index in [1.165, 1.54) is 16.5 Å². The molecule has 0 radical (unpaired) electrons. The smallest absolute Gasteiger partial charge is 0.0705 e. The minimum absolute atomic E-state index is 0.277. The summed E-state index contributed by atoms with van der Waals surface area (Å²) in [6.07, 6.45) is 2.80. The molecule has 3 rings (SSSR count). The first-order valence-corrected chi connectivity index (χ1v) is 7.82. The second-order valence-corrected chi connectivity index (χ2v) is 6.00. The van der Waals surface area contributed by atoms with Gasteiger partial charge in [0.2, 0.25) is 0 Å². The molecule has 3 aromatic rings. The number of likely N-dealkylation sites (N-methyl/N-ethyl adjacent to an activating group) is 1. The van der Waals surface area contributed by atoms with Crippen molar-refractivity contribution < 1.29 is 0 Å². The summed E-state index contributed by atoms with van der Waals surface area (Å²) in [5, 5.41) is 4.65. The molecule has 1 aromatic heterocycles. The first kappa shape index (κ1) is 14.2. The third kappa shape index (κ3) is 3.14. The maximum Gasteiger partial charge on any atom is 0.0705 e. The van der Waals surface area contributed by atoms with Crippen molar-refractivity contribution in [2.75, 3.05) is 7.05 Å². The molecule has 2 nitrogen and oxygen atoms in total. The molecule has 1 heterocycles. The fourth-order valence-corrected chi connectivity index (χ4v) is 2.92. The highest BCUT2D eigenvalue weighted by atomic mass is 79.9. The highest BCUT2D eigenvalue weighted by molar-refractivity contribution is 9.10. The molecule has 1 unspecified atom stereocenters. The number of hydrogen-bond donors (Lipinski definition) is 1. The summed E-state index contributed by atoms with van der Waals surface area (Å²) in [5.74, 6) is 0. The lowest BCUT2D eigenvalue weighted by Gasteiger charge is -2.18. The minimum atomic E-state index is 0.277. The molecule has 1 atom stereocenters. The molecule has 0 fully saturated rings. The third-order valence-electron chi connectivity index (χ3n) is 3.76. The molecule has 106 valence electrons. The Morgan fingerprint density at radius 1 is 1.05 bits per heavy atom. The van der Waals surface area contributed by atoms with Crippen molar-refractivity contribution in [1.82, 2.24) is 10.3 Å². The second-order valence-electron chi connectivity index (χ2n) is 5.09. The van der Waals surface area contributed by atoms with Gasteiger partial charge in [0.25, 0.3) is 0 Å². The number of pyridine rings is 1. The van der Waals surface area contributed by atoms with Crippen molar-refractivity contribution >= 4 is 26.8 Å². The van der Waals surface area contributed by atoms with E-state index >= 15 is 0 Å². The van der Waals surface area contributed by atoms with Crippen LogP contribution >= 0.6 is 15.9 Å². The van der Waals surface area contributed by atoms with E-state index in [9.17, 15) is 0 Å². The predicted octanol–water partition coefficient (Wildman–Crippen LogP) is 4.50. The van der Waals surface area contributed by atoms with Gasteiger partial charge in [-0.05, 0) is 48.9 Å². The molecule has 0 spiro atoms. The van der Waals surface area contributed by atoms with Crippen LogP contribution in [0.1, 0.15) is 17.2 Å². The van der Waals surface area contributed by atoms with E-state index in [0.29, 0.717) is 0 Å². The standard InChI is InChI=1S/C18H17BrN2/c1-20-18(12-13-7-9-14(19)10-8-13)16-4-2-6-17-15(16)5-3-11-21-17/h2-11,18,20H,12H2,1H3. The Morgan fingerprint density at radius 2 is 1.86 bits per heavy atom. The van der Waals surface area contributed by atoms with Gasteiger partial charge in [-0.15, -0.1) is 0 Å². The predicted molar refractivity (Wildman–Crippen MR) is 91.4 cm³/mol. The van der Waals surface area contributed by atoms with E-state index < -0.39 is 0 Å². The Balaban J connectivity index is 1.96. The summed E-state index contributed by atoms with van der Waals surface area (Å²) in [7, 11) is 2.01. The van der Waals surface area contributed by atoms with E-state index in [-0.39, 0.29) is 6.04 Å². The summed E-state index contributed by atoms with van der Waals surface area (Å²) < 4.78 is 1.11. The quantitative estimate of drug-likeness (QED) is 0.756. The molecule has 21 heavy (non-hydrogen) atoms. The van der Waals surface area contributed by atoms with Crippen molar-refractivity contribution in [2.45, 2.75) is 12.5 Å². The first-order valence-electron chi connectivity index (χ1n) is 7.03. The molecule has 0 bridgehead atoms. The molecule has 0 saturated heterocycles. The van der Waals surface area contributed by atoms with Crippen LogP contribution in [0.15, 0.2) is 65.3 Å². The van der Waals surface area contributed by atoms with Crippen LogP contribution in [0, 0.1) is 0 Å². The number of halogens is 1. The van der Waals surface area contributed by atoms with E-state index in [4.69, 9.17) is 0 Å². The third-order valence-corrected chi connectivity index (χ3v) is 4.29. The minimum Gasteiger partial charge on any atom is -0.313 e. The SMILES string of the molecule is CNC(Cc1ccc(Br)cc1)c1cccc2ncccc12. The largest absolute Gasteiger partial charge is 0.313 e. The van der Waals surface area contributed by atoms with Gasteiger partial charge in [0.05, 0.1) is 5.52 Å². The number of fused-ring (bicyclic) bond motifs is 1. The van der Waals surface area contributed by atoms with Gasteiger partial charge in [-0.1, -0.05) is 46.3 Å². The molecule has 1 N–H and O–H groups in total. The number of nitrogens with zero attached hydrogens (tertiary/aromatic N) is 1. The summed E-state index contributed by atoms with van der Waals surface area (Å²) in [6, 6.07) is 19.3. The molecular formula is C18H17BrN2. The topological polar surface area (TPSA) is 24.9 Å². The maximum atomic E-state index is 4.44. The van der Waals surface area contributed by atoms with Crippen LogP contribution in [0.4, 0.5) is 0 Å². The number of nitrogens with one attached hydrogen (secondary N) is 1. The van der Waals surface area contributed by atoms with Crippen molar-refractivity contribution in [3.8, 4) is 0 Å².